The van der Waals surface area contributed by atoms with Gasteiger partial charge in [-0.3, -0.25) is 0 Å². The molecule has 0 atom stereocenters. The summed E-state index contributed by atoms with van der Waals surface area (Å²) in [4.78, 5) is 8.26. The third-order valence-corrected chi connectivity index (χ3v) is 3.02. The monoisotopic (exact) mass is 310 g/mol. The summed E-state index contributed by atoms with van der Waals surface area (Å²) < 4.78 is 13.7. The van der Waals surface area contributed by atoms with Crippen molar-refractivity contribution in [3.63, 3.8) is 0 Å². The predicted octanol–water partition coefficient (Wildman–Crippen LogP) is 3.47. The molecule has 2 rings (SSSR count). The Bertz CT molecular complexity index is 574. The van der Waals surface area contributed by atoms with E-state index in [0.717, 1.165) is 11.3 Å². The minimum absolute atomic E-state index is 0.281. The van der Waals surface area contributed by atoms with Crippen LogP contribution in [-0.2, 0) is 0 Å². The number of hydrogen-bond donors (Lipinski definition) is 2. The number of rotatable bonds is 3. The van der Waals surface area contributed by atoms with Gasteiger partial charge in [-0.15, -0.1) is 0 Å². The Morgan fingerprint density at radius 1 is 1.33 bits per heavy atom. The van der Waals surface area contributed by atoms with Crippen molar-refractivity contribution < 1.29 is 4.39 Å². The lowest BCUT2D eigenvalue weighted by molar-refractivity contribution is 0.620. The molecular weight excluding hydrogens is 299 g/mol. The molecular formula is C12H12BrFN4. The zero-order chi connectivity index (χ0) is 13.1. The minimum Gasteiger partial charge on any atom is -0.357 e. The van der Waals surface area contributed by atoms with E-state index in [-0.39, 0.29) is 5.82 Å². The summed E-state index contributed by atoms with van der Waals surface area (Å²) >= 11 is 3.16. The molecule has 18 heavy (non-hydrogen) atoms. The first-order valence-corrected chi connectivity index (χ1v) is 6.13. The van der Waals surface area contributed by atoms with E-state index in [1.807, 2.05) is 6.92 Å². The number of hydrogen-bond acceptors (Lipinski definition) is 4. The lowest BCUT2D eigenvalue weighted by Crippen LogP contribution is -2.01. The zero-order valence-corrected chi connectivity index (χ0v) is 11.5. The molecule has 2 N–H and O–H groups in total. The summed E-state index contributed by atoms with van der Waals surface area (Å²) in [5.41, 5.74) is 1.60. The van der Waals surface area contributed by atoms with Crippen molar-refractivity contribution in [3.8, 4) is 0 Å². The highest BCUT2D eigenvalue weighted by atomic mass is 79.9. The topological polar surface area (TPSA) is 49.8 Å². The molecule has 0 spiro atoms. The van der Waals surface area contributed by atoms with Crippen LogP contribution in [0.15, 0.2) is 28.9 Å². The van der Waals surface area contributed by atoms with E-state index in [4.69, 9.17) is 0 Å². The second kappa shape index (κ2) is 5.30. The molecule has 4 nitrogen and oxygen atoms in total. The Kier molecular flexibility index (Phi) is 3.76. The van der Waals surface area contributed by atoms with Gasteiger partial charge >= 0.3 is 0 Å². The predicted molar refractivity (Wildman–Crippen MR) is 73.7 cm³/mol. The maximum Gasteiger partial charge on any atom is 0.224 e. The van der Waals surface area contributed by atoms with Crippen LogP contribution < -0.4 is 10.6 Å². The Morgan fingerprint density at radius 2 is 2.11 bits per heavy atom. The van der Waals surface area contributed by atoms with Crippen LogP contribution >= 0.6 is 15.9 Å². The molecule has 0 bridgehead atoms. The number of halogens is 2. The van der Waals surface area contributed by atoms with Gasteiger partial charge < -0.3 is 10.6 Å². The number of nitrogens with one attached hydrogen (secondary N) is 2. The van der Waals surface area contributed by atoms with Crippen LogP contribution in [0.1, 0.15) is 5.56 Å². The summed E-state index contributed by atoms with van der Waals surface area (Å²) in [5.74, 6) is 0.895. The average Bonchev–Trinajstić information content (AvgIpc) is 2.36. The van der Waals surface area contributed by atoms with Crippen LogP contribution in [0.4, 0.5) is 21.8 Å². The molecule has 0 fully saturated rings. The highest BCUT2D eigenvalue weighted by Gasteiger charge is 2.06. The van der Waals surface area contributed by atoms with Gasteiger partial charge in [-0.1, -0.05) is 0 Å². The number of aryl methyl sites for hydroxylation is 1. The Balaban J connectivity index is 2.30. The van der Waals surface area contributed by atoms with Crippen LogP contribution in [0.5, 0.6) is 0 Å². The second-order valence-electron chi connectivity index (χ2n) is 3.72. The molecule has 0 radical (unpaired) electrons. The fourth-order valence-electron chi connectivity index (χ4n) is 1.47. The maximum absolute atomic E-state index is 13.3. The normalized spacial score (nSPS) is 10.2. The van der Waals surface area contributed by atoms with Gasteiger partial charge in [0, 0.05) is 18.9 Å². The molecule has 1 heterocycles. The van der Waals surface area contributed by atoms with E-state index in [0.29, 0.717) is 16.2 Å². The van der Waals surface area contributed by atoms with Crippen LogP contribution in [0.25, 0.3) is 0 Å². The average molecular weight is 311 g/mol. The van der Waals surface area contributed by atoms with Crippen molar-refractivity contribution in [2.75, 3.05) is 17.7 Å². The third kappa shape index (κ3) is 2.76. The number of anilines is 3. The molecule has 0 unspecified atom stereocenters. The molecule has 94 valence electrons. The quantitative estimate of drug-likeness (QED) is 0.911. The van der Waals surface area contributed by atoms with Gasteiger partial charge in [0.05, 0.1) is 4.47 Å². The van der Waals surface area contributed by atoms with Crippen molar-refractivity contribution in [2.24, 2.45) is 0 Å². The minimum atomic E-state index is -0.281. The van der Waals surface area contributed by atoms with Gasteiger partial charge in [0.15, 0.2) is 0 Å². The van der Waals surface area contributed by atoms with E-state index in [9.17, 15) is 4.39 Å². The molecule has 1 aromatic carbocycles. The van der Waals surface area contributed by atoms with Crippen molar-refractivity contribution in [1.82, 2.24) is 9.97 Å². The molecule has 0 aliphatic heterocycles. The fourth-order valence-corrected chi connectivity index (χ4v) is 1.81. The lowest BCUT2D eigenvalue weighted by Gasteiger charge is -2.10. The van der Waals surface area contributed by atoms with Gasteiger partial charge in [0.25, 0.3) is 0 Å². The zero-order valence-electron chi connectivity index (χ0n) is 9.96. The SMILES string of the molecule is CNc1nccc(Nc2cc(Br)c(F)cc2C)n1. The molecule has 0 saturated heterocycles. The van der Waals surface area contributed by atoms with Crippen LogP contribution in [0.3, 0.4) is 0 Å². The summed E-state index contributed by atoms with van der Waals surface area (Å²) in [6.07, 6.45) is 1.65. The highest BCUT2D eigenvalue weighted by molar-refractivity contribution is 9.10. The van der Waals surface area contributed by atoms with Crippen molar-refractivity contribution in [3.05, 3.63) is 40.2 Å². The van der Waals surface area contributed by atoms with Gasteiger partial charge in [-0.25, -0.2) is 9.37 Å². The summed E-state index contributed by atoms with van der Waals surface area (Å²) in [5, 5.41) is 5.98. The van der Waals surface area contributed by atoms with Gasteiger partial charge in [0.2, 0.25) is 5.95 Å². The van der Waals surface area contributed by atoms with Crippen molar-refractivity contribution in [1.29, 1.82) is 0 Å². The van der Waals surface area contributed by atoms with Gasteiger partial charge in [0.1, 0.15) is 11.6 Å². The first-order chi connectivity index (χ1) is 8.60. The maximum atomic E-state index is 13.3. The van der Waals surface area contributed by atoms with Crippen LogP contribution in [-0.4, -0.2) is 17.0 Å². The molecule has 6 heteroatoms. The summed E-state index contributed by atoms with van der Waals surface area (Å²) in [6, 6.07) is 4.90. The molecule has 2 aromatic rings. The number of aromatic nitrogens is 2. The molecule has 0 aliphatic rings. The first kappa shape index (κ1) is 12.8. The Hall–Kier alpha value is -1.69. The number of nitrogens with zero attached hydrogens (tertiary/aromatic N) is 2. The summed E-state index contributed by atoms with van der Waals surface area (Å²) in [7, 11) is 1.75. The first-order valence-electron chi connectivity index (χ1n) is 5.33. The number of benzene rings is 1. The molecule has 1 aromatic heterocycles. The van der Waals surface area contributed by atoms with Crippen molar-refractivity contribution in [2.45, 2.75) is 6.92 Å². The fraction of sp³-hybridized carbons (Fsp3) is 0.167. The van der Waals surface area contributed by atoms with E-state index < -0.39 is 0 Å². The summed E-state index contributed by atoms with van der Waals surface area (Å²) in [6.45, 7) is 1.83. The molecule has 0 aliphatic carbocycles. The van der Waals surface area contributed by atoms with E-state index in [1.54, 1.807) is 25.4 Å². The Morgan fingerprint density at radius 3 is 2.83 bits per heavy atom. The lowest BCUT2D eigenvalue weighted by atomic mass is 10.2. The Labute approximate surface area is 113 Å². The van der Waals surface area contributed by atoms with E-state index in [1.165, 1.54) is 6.07 Å². The third-order valence-electron chi connectivity index (χ3n) is 2.41. The van der Waals surface area contributed by atoms with Crippen LogP contribution in [0.2, 0.25) is 0 Å². The van der Waals surface area contributed by atoms with E-state index >= 15 is 0 Å². The molecule has 0 amide bonds. The van der Waals surface area contributed by atoms with Gasteiger partial charge in [-0.05, 0) is 46.6 Å². The largest absolute Gasteiger partial charge is 0.357 e. The van der Waals surface area contributed by atoms with E-state index in [2.05, 4.69) is 36.5 Å². The van der Waals surface area contributed by atoms with Gasteiger partial charge in [-0.2, -0.15) is 4.98 Å². The standard InChI is InChI=1S/C12H12BrFN4/c1-7-5-9(14)8(13)6-10(7)17-11-3-4-16-12(15-2)18-11/h3-6H,1-2H3,(H2,15,16,17,18). The second-order valence-corrected chi connectivity index (χ2v) is 4.58. The molecule has 0 saturated carbocycles. The smallest absolute Gasteiger partial charge is 0.224 e. The van der Waals surface area contributed by atoms with Crippen LogP contribution in [0, 0.1) is 12.7 Å². The van der Waals surface area contributed by atoms with Crippen molar-refractivity contribution >= 4 is 33.4 Å². The highest BCUT2D eigenvalue weighted by Crippen LogP contribution is 2.26.